The molecule has 110 valence electrons. The molecule has 0 spiro atoms. The molecular formula is C14H25NO4. The van der Waals surface area contributed by atoms with Crippen LogP contribution in [0.2, 0.25) is 0 Å². The number of rotatable bonds is 3. The summed E-state index contributed by atoms with van der Waals surface area (Å²) in [5.41, 5.74) is -1.88. The van der Waals surface area contributed by atoms with Crippen molar-refractivity contribution in [2.24, 2.45) is 5.92 Å². The molecule has 2 N–H and O–H groups in total. The average molecular weight is 271 g/mol. The van der Waals surface area contributed by atoms with Gasteiger partial charge in [0, 0.05) is 0 Å². The molecule has 1 aliphatic rings. The second-order valence-corrected chi connectivity index (χ2v) is 6.47. The minimum Gasteiger partial charge on any atom is -0.480 e. The fourth-order valence-corrected chi connectivity index (χ4v) is 2.53. The van der Waals surface area contributed by atoms with E-state index in [0.717, 1.165) is 32.1 Å². The van der Waals surface area contributed by atoms with Gasteiger partial charge in [-0.2, -0.15) is 0 Å². The first-order valence-electron chi connectivity index (χ1n) is 6.90. The average Bonchev–Trinajstić information content (AvgIpc) is 2.27. The number of carboxylic acids is 1. The van der Waals surface area contributed by atoms with Crippen molar-refractivity contribution in [3.63, 3.8) is 0 Å². The molecule has 5 heteroatoms. The van der Waals surface area contributed by atoms with Gasteiger partial charge in [0.15, 0.2) is 0 Å². The van der Waals surface area contributed by atoms with Gasteiger partial charge < -0.3 is 15.2 Å². The van der Waals surface area contributed by atoms with Crippen molar-refractivity contribution in [3.8, 4) is 0 Å². The summed E-state index contributed by atoms with van der Waals surface area (Å²) < 4.78 is 5.16. The molecule has 1 saturated carbocycles. The summed E-state index contributed by atoms with van der Waals surface area (Å²) in [7, 11) is 0. The number of carbonyl (C=O) groups excluding carboxylic acids is 1. The van der Waals surface area contributed by atoms with Crippen molar-refractivity contribution in [3.05, 3.63) is 0 Å². The maximum Gasteiger partial charge on any atom is 0.408 e. The van der Waals surface area contributed by atoms with Gasteiger partial charge in [-0.25, -0.2) is 9.59 Å². The van der Waals surface area contributed by atoms with E-state index >= 15 is 0 Å². The van der Waals surface area contributed by atoms with Gasteiger partial charge in [0.1, 0.15) is 11.1 Å². The molecule has 1 rings (SSSR count). The number of hydrogen-bond donors (Lipinski definition) is 2. The van der Waals surface area contributed by atoms with Gasteiger partial charge in [-0.3, -0.25) is 0 Å². The molecule has 0 saturated heterocycles. The zero-order valence-electron chi connectivity index (χ0n) is 12.3. The summed E-state index contributed by atoms with van der Waals surface area (Å²) >= 11 is 0. The highest BCUT2D eigenvalue weighted by Crippen LogP contribution is 2.33. The van der Waals surface area contributed by atoms with E-state index < -0.39 is 23.2 Å². The lowest BCUT2D eigenvalue weighted by atomic mass is 9.75. The number of carbonyl (C=O) groups is 2. The minimum absolute atomic E-state index is 0.0359. The van der Waals surface area contributed by atoms with Gasteiger partial charge in [0.2, 0.25) is 0 Å². The van der Waals surface area contributed by atoms with Crippen molar-refractivity contribution in [1.82, 2.24) is 5.32 Å². The van der Waals surface area contributed by atoms with Crippen molar-refractivity contribution >= 4 is 12.1 Å². The monoisotopic (exact) mass is 271 g/mol. The van der Waals surface area contributed by atoms with Crippen LogP contribution in [0.3, 0.4) is 0 Å². The molecule has 0 aliphatic heterocycles. The number of aliphatic carboxylic acids is 1. The molecule has 1 unspecified atom stereocenters. The molecule has 19 heavy (non-hydrogen) atoms. The second-order valence-electron chi connectivity index (χ2n) is 6.47. The summed E-state index contributed by atoms with van der Waals surface area (Å²) in [6, 6.07) is 0. The molecule has 0 aromatic carbocycles. The standard InChI is InChI=1S/C14H25NO4/c1-13(2,3)19-12(18)15-14(4,11(16)17)10-8-6-5-7-9-10/h10H,5-9H2,1-4H3,(H,15,18)(H,16,17). The Kier molecular flexibility index (Phi) is 4.82. The van der Waals surface area contributed by atoms with E-state index in [1.165, 1.54) is 0 Å². The molecule has 0 radical (unpaired) electrons. The van der Waals surface area contributed by atoms with E-state index in [1.807, 2.05) is 0 Å². The first-order valence-corrected chi connectivity index (χ1v) is 6.90. The van der Waals surface area contributed by atoms with Crippen LogP contribution in [-0.2, 0) is 9.53 Å². The summed E-state index contributed by atoms with van der Waals surface area (Å²) in [5, 5.41) is 12.0. The molecule has 1 amide bonds. The number of ether oxygens (including phenoxy) is 1. The number of carboxylic acid groups (broad SMARTS) is 1. The van der Waals surface area contributed by atoms with Gasteiger partial charge in [0.25, 0.3) is 0 Å². The minimum atomic E-state index is -1.25. The summed E-state index contributed by atoms with van der Waals surface area (Å²) in [4.78, 5) is 23.4. The van der Waals surface area contributed by atoms with Crippen molar-refractivity contribution in [2.45, 2.75) is 70.9 Å². The third-order valence-electron chi connectivity index (χ3n) is 3.63. The predicted molar refractivity (Wildman–Crippen MR) is 72.0 cm³/mol. The second kappa shape index (κ2) is 5.80. The zero-order valence-corrected chi connectivity index (χ0v) is 12.3. The first-order chi connectivity index (χ1) is 8.65. The number of alkyl carbamates (subject to hydrolysis) is 1. The third kappa shape index (κ3) is 4.40. The van der Waals surface area contributed by atoms with Crippen LogP contribution in [0.25, 0.3) is 0 Å². The molecule has 5 nitrogen and oxygen atoms in total. The van der Waals surface area contributed by atoms with Crippen LogP contribution in [0.4, 0.5) is 4.79 Å². The summed E-state index contributed by atoms with van der Waals surface area (Å²) in [5.74, 6) is -1.03. The highest BCUT2D eigenvalue weighted by Gasteiger charge is 2.43. The van der Waals surface area contributed by atoms with Crippen LogP contribution in [0, 0.1) is 5.92 Å². The Morgan fingerprint density at radius 1 is 1.11 bits per heavy atom. The van der Waals surface area contributed by atoms with E-state index in [-0.39, 0.29) is 5.92 Å². The molecule has 1 atom stereocenters. The summed E-state index contributed by atoms with van der Waals surface area (Å²) in [6.07, 6.45) is 4.17. The Morgan fingerprint density at radius 2 is 1.63 bits per heavy atom. The first kappa shape index (κ1) is 15.8. The van der Waals surface area contributed by atoms with E-state index in [0.29, 0.717) is 0 Å². The predicted octanol–water partition coefficient (Wildman–Crippen LogP) is 2.93. The normalized spacial score (nSPS) is 20.4. The Labute approximate surface area is 114 Å². The number of nitrogens with one attached hydrogen (secondary N) is 1. The lowest BCUT2D eigenvalue weighted by Gasteiger charge is -2.37. The maximum atomic E-state index is 11.8. The maximum absolute atomic E-state index is 11.8. The SMILES string of the molecule is CC(C)(C)OC(=O)NC(C)(C(=O)O)C1CCCCC1. The van der Waals surface area contributed by atoms with E-state index in [9.17, 15) is 14.7 Å². The Hall–Kier alpha value is -1.26. The molecular weight excluding hydrogens is 246 g/mol. The fourth-order valence-electron chi connectivity index (χ4n) is 2.53. The molecule has 0 bridgehead atoms. The lowest BCUT2D eigenvalue weighted by Crippen LogP contribution is -2.58. The smallest absolute Gasteiger partial charge is 0.408 e. The fraction of sp³-hybridized carbons (Fsp3) is 0.857. The van der Waals surface area contributed by atoms with Crippen LogP contribution in [0.1, 0.15) is 59.8 Å². The van der Waals surface area contributed by atoms with Crippen molar-refractivity contribution in [2.75, 3.05) is 0 Å². The van der Waals surface area contributed by atoms with Crippen LogP contribution in [0.15, 0.2) is 0 Å². The quantitative estimate of drug-likeness (QED) is 0.827. The van der Waals surface area contributed by atoms with E-state index in [4.69, 9.17) is 4.74 Å². The molecule has 1 fully saturated rings. The van der Waals surface area contributed by atoms with Crippen LogP contribution in [0.5, 0.6) is 0 Å². The Bertz CT molecular complexity index is 342. The number of hydrogen-bond acceptors (Lipinski definition) is 3. The molecule has 0 aromatic heterocycles. The van der Waals surface area contributed by atoms with Gasteiger partial charge in [-0.05, 0) is 46.5 Å². The van der Waals surface area contributed by atoms with Crippen LogP contribution < -0.4 is 5.32 Å². The van der Waals surface area contributed by atoms with Gasteiger partial charge in [-0.1, -0.05) is 19.3 Å². The Morgan fingerprint density at radius 3 is 2.05 bits per heavy atom. The molecule has 0 heterocycles. The van der Waals surface area contributed by atoms with Gasteiger partial charge in [-0.15, -0.1) is 0 Å². The topological polar surface area (TPSA) is 75.6 Å². The summed E-state index contributed by atoms with van der Waals surface area (Å²) in [6.45, 7) is 6.84. The Balaban J connectivity index is 2.76. The zero-order chi connectivity index (χ0) is 14.7. The molecule has 0 aromatic rings. The van der Waals surface area contributed by atoms with E-state index in [1.54, 1.807) is 27.7 Å². The largest absolute Gasteiger partial charge is 0.480 e. The molecule has 1 aliphatic carbocycles. The van der Waals surface area contributed by atoms with Crippen molar-refractivity contribution in [1.29, 1.82) is 0 Å². The van der Waals surface area contributed by atoms with E-state index in [2.05, 4.69) is 5.32 Å². The third-order valence-corrected chi connectivity index (χ3v) is 3.63. The lowest BCUT2D eigenvalue weighted by molar-refractivity contribution is -0.147. The van der Waals surface area contributed by atoms with Crippen LogP contribution in [-0.4, -0.2) is 28.3 Å². The van der Waals surface area contributed by atoms with Crippen LogP contribution >= 0.6 is 0 Å². The van der Waals surface area contributed by atoms with Gasteiger partial charge in [0.05, 0.1) is 0 Å². The highest BCUT2D eigenvalue weighted by atomic mass is 16.6. The number of amides is 1. The highest BCUT2D eigenvalue weighted by molar-refractivity contribution is 5.84. The van der Waals surface area contributed by atoms with Crippen molar-refractivity contribution < 1.29 is 19.4 Å². The van der Waals surface area contributed by atoms with Gasteiger partial charge >= 0.3 is 12.1 Å².